The number of azide groups is 1. The van der Waals surface area contributed by atoms with Crippen LogP contribution in [0.4, 0.5) is 8.78 Å². The van der Waals surface area contributed by atoms with E-state index >= 15 is 0 Å². The lowest BCUT2D eigenvalue weighted by Gasteiger charge is -2.57. The van der Waals surface area contributed by atoms with Crippen LogP contribution in [0.2, 0.25) is 18.1 Å². The highest BCUT2D eigenvalue weighted by atomic mass is 28.4. The number of hydrogen-bond donors (Lipinski definition) is 0. The summed E-state index contributed by atoms with van der Waals surface area (Å²) >= 11 is 0. The van der Waals surface area contributed by atoms with Gasteiger partial charge in [-0.15, -0.1) is 0 Å². The summed E-state index contributed by atoms with van der Waals surface area (Å²) in [7, 11) is -2.14. The molecule has 0 amide bonds. The maximum Gasteiger partial charge on any atom is 0.296 e. The van der Waals surface area contributed by atoms with E-state index in [1.54, 1.807) is 0 Å². The Bertz CT molecular complexity index is 974. The number of Topliss-reactive ketones (excluding diaryl/α,β-unsaturated/α-hetero) is 2. The molecule has 9 heteroatoms. The fraction of sp³-hybridized carbons (Fsp3) is 0.857. The monoisotopic (exact) mass is 537 g/mol. The Morgan fingerprint density at radius 1 is 1.27 bits per heavy atom. The molecule has 0 heterocycles. The zero-order valence-electron chi connectivity index (χ0n) is 23.7. The highest BCUT2D eigenvalue weighted by Gasteiger charge is 2.59. The van der Waals surface area contributed by atoms with Crippen LogP contribution in [0, 0.1) is 40.4 Å². The maximum atomic E-state index is 13.5. The molecule has 0 radical (unpaired) electrons. The third-order valence-corrected chi connectivity index (χ3v) is 15.5. The molecule has 6 nitrogen and oxygen atoms in total. The van der Waals surface area contributed by atoms with Gasteiger partial charge in [-0.05, 0) is 90.3 Å². The van der Waals surface area contributed by atoms with Gasteiger partial charge in [-0.25, -0.2) is 8.78 Å². The molecule has 7 atom stereocenters. The van der Waals surface area contributed by atoms with Crippen LogP contribution in [0.1, 0.15) is 73.1 Å². The van der Waals surface area contributed by atoms with Gasteiger partial charge in [0, 0.05) is 24.5 Å². The largest absolute Gasteiger partial charge is 0.417 e. The molecule has 208 valence electrons. The number of alkyl halides is 2. The van der Waals surface area contributed by atoms with Crippen LogP contribution in [-0.2, 0) is 14.0 Å². The third-order valence-electron chi connectivity index (χ3n) is 11.0. The number of ketones is 2. The van der Waals surface area contributed by atoms with Gasteiger partial charge in [-0.1, -0.05) is 51.9 Å². The second-order valence-electron chi connectivity index (χ2n) is 13.8. The standard InChI is InChI=1S/C28H45F2N3O3Si/c1-17-9-10-21-20(15-32-33-31)22(11-12-27(17,21)5)28(6)14-19(24(35)25(29)30)23(34)13-18(28)16-36-37(7,8)26(2,3)4/h18-22,25H,1,9-16H2,2-8H3/t18-,19?,20+,21+,22+,27-,28+/m1/s1. The average molecular weight is 538 g/mol. The second-order valence-corrected chi connectivity index (χ2v) is 18.6. The second kappa shape index (κ2) is 10.5. The molecule has 1 unspecified atom stereocenters. The fourth-order valence-corrected chi connectivity index (χ4v) is 8.43. The van der Waals surface area contributed by atoms with Crippen LogP contribution in [0.3, 0.4) is 0 Å². The summed E-state index contributed by atoms with van der Waals surface area (Å²) in [5.41, 5.74) is 9.79. The number of nitrogens with zero attached hydrogens (tertiary/aromatic N) is 3. The molecule has 0 spiro atoms. The molecule has 0 aromatic heterocycles. The van der Waals surface area contributed by atoms with Crippen molar-refractivity contribution in [2.45, 2.75) is 97.7 Å². The highest BCUT2D eigenvalue weighted by molar-refractivity contribution is 6.74. The van der Waals surface area contributed by atoms with Gasteiger partial charge in [-0.2, -0.15) is 0 Å². The number of halogens is 2. The van der Waals surface area contributed by atoms with Gasteiger partial charge < -0.3 is 4.43 Å². The molecule has 0 saturated heterocycles. The summed E-state index contributed by atoms with van der Waals surface area (Å²) in [4.78, 5) is 28.6. The quantitative estimate of drug-likeness (QED) is 0.0791. The number of hydrogen-bond acceptors (Lipinski definition) is 4. The van der Waals surface area contributed by atoms with E-state index in [2.05, 4.69) is 64.3 Å². The number of fused-ring (bicyclic) bond motifs is 1. The minimum atomic E-state index is -3.16. The van der Waals surface area contributed by atoms with Gasteiger partial charge in [0.1, 0.15) is 5.78 Å². The van der Waals surface area contributed by atoms with E-state index < -0.39 is 37.6 Å². The van der Waals surface area contributed by atoms with Crippen molar-refractivity contribution in [1.29, 1.82) is 0 Å². The van der Waals surface area contributed by atoms with Gasteiger partial charge in [0.15, 0.2) is 8.32 Å². The lowest BCUT2D eigenvalue weighted by Crippen LogP contribution is -2.55. The van der Waals surface area contributed by atoms with Crippen LogP contribution in [-0.4, -0.2) is 39.5 Å². The predicted octanol–water partition coefficient (Wildman–Crippen LogP) is 7.75. The van der Waals surface area contributed by atoms with Crippen molar-refractivity contribution in [3.05, 3.63) is 22.6 Å². The van der Waals surface area contributed by atoms with Crippen molar-refractivity contribution >= 4 is 19.9 Å². The summed E-state index contributed by atoms with van der Waals surface area (Å²) in [6.45, 7) is 20.2. The Balaban J connectivity index is 2.03. The summed E-state index contributed by atoms with van der Waals surface area (Å²) < 4.78 is 33.7. The van der Waals surface area contributed by atoms with Crippen molar-refractivity contribution in [3.63, 3.8) is 0 Å². The van der Waals surface area contributed by atoms with Gasteiger partial charge in [0.05, 0.1) is 5.92 Å². The number of allylic oxidation sites excluding steroid dienone is 1. The topological polar surface area (TPSA) is 92.1 Å². The van der Waals surface area contributed by atoms with E-state index in [1.165, 1.54) is 5.57 Å². The number of carbonyl (C=O) groups is 2. The molecular weight excluding hydrogens is 492 g/mol. The van der Waals surface area contributed by atoms with Gasteiger partial charge in [0.25, 0.3) is 6.43 Å². The molecule has 3 saturated carbocycles. The normalized spacial score (nSPS) is 36.9. The molecule has 0 aromatic rings. The summed E-state index contributed by atoms with van der Waals surface area (Å²) in [5.74, 6) is -2.82. The van der Waals surface area contributed by atoms with Crippen LogP contribution in [0.5, 0.6) is 0 Å². The molecule has 0 bridgehead atoms. The fourth-order valence-electron chi connectivity index (χ4n) is 7.38. The van der Waals surface area contributed by atoms with Crippen molar-refractivity contribution in [2.75, 3.05) is 13.2 Å². The first-order chi connectivity index (χ1) is 17.0. The molecule has 3 aliphatic carbocycles. The lowest BCUT2D eigenvalue weighted by molar-refractivity contribution is -0.152. The zero-order valence-corrected chi connectivity index (χ0v) is 24.7. The lowest BCUT2D eigenvalue weighted by atomic mass is 9.48. The highest BCUT2D eigenvalue weighted by Crippen LogP contribution is 2.64. The molecule has 37 heavy (non-hydrogen) atoms. The van der Waals surface area contributed by atoms with E-state index in [9.17, 15) is 23.9 Å². The summed E-state index contributed by atoms with van der Waals surface area (Å²) in [6, 6.07) is 0. The van der Waals surface area contributed by atoms with Crippen LogP contribution < -0.4 is 0 Å². The third kappa shape index (κ3) is 5.46. The zero-order chi connectivity index (χ0) is 28.0. The molecule has 0 N–H and O–H groups in total. The number of carbonyl (C=O) groups excluding carboxylic acids is 2. The molecule has 3 rings (SSSR count). The van der Waals surface area contributed by atoms with Crippen molar-refractivity contribution in [3.8, 4) is 0 Å². The van der Waals surface area contributed by atoms with Crippen LogP contribution >= 0.6 is 0 Å². The molecule has 3 aliphatic rings. The van der Waals surface area contributed by atoms with Gasteiger partial charge in [0.2, 0.25) is 5.78 Å². The molecule has 0 aromatic carbocycles. The Morgan fingerprint density at radius 2 is 1.92 bits per heavy atom. The van der Waals surface area contributed by atoms with E-state index in [1.807, 2.05) is 0 Å². The van der Waals surface area contributed by atoms with Gasteiger partial charge >= 0.3 is 0 Å². The molecule has 3 fully saturated rings. The average Bonchev–Trinajstić information content (AvgIpc) is 3.11. The van der Waals surface area contributed by atoms with E-state index in [-0.39, 0.29) is 47.0 Å². The first-order valence-corrected chi connectivity index (χ1v) is 16.6. The Morgan fingerprint density at radius 3 is 2.49 bits per heavy atom. The minimum Gasteiger partial charge on any atom is -0.417 e. The smallest absolute Gasteiger partial charge is 0.296 e. The van der Waals surface area contributed by atoms with Gasteiger partial charge in [-0.3, -0.25) is 9.59 Å². The summed E-state index contributed by atoms with van der Waals surface area (Å²) in [5, 5.41) is 3.98. The Kier molecular flexibility index (Phi) is 8.53. The first kappa shape index (κ1) is 30.0. The van der Waals surface area contributed by atoms with Crippen molar-refractivity contribution in [2.24, 2.45) is 45.5 Å². The molecule has 0 aliphatic heterocycles. The van der Waals surface area contributed by atoms with E-state index in [0.29, 0.717) is 13.2 Å². The van der Waals surface area contributed by atoms with Crippen LogP contribution in [0.25, 0.3) is 10.4 Å². The Hall–Kier alpha value is -1.57. The molecular formula is C28H45F2N3O3Si. The minimum absolute atomic E-state index is 0.0167. The SMILES string of the molecule is C=C1CC[C@H]2[C@H](CN=[N+]=[N-])[C@@H]([C@@]3(C)CC(C(=O)C(F)F)C(=O)C[C@@H]3CO[Si](C)(C)C(C)(C)C)CC[C@]12C. The van der Waals surface area contributed by atoms with E-state index in [0.717, 1.165) is 25.7 Å². The predicted molar refractivity (Wildman–Crippen MR) is 144 cm³/mol. The summed E-state index contributed by atoms with van der Waals surface area (Å²) in [6.07, 6.45) is 0.618. The van der Waals surface area contributed by atoms with Crippen LogP contribution in [0.15, 0.2) is 17.3 Å². The van der Waals surface area contributed by atoms with E-state index in [4.69, 9.17) is 4.43 Å². The maximum absolute atomic E-state index is 13.5. The first-order valence-electron chi connectivity index (χ1n) is 13.7. The van der Waals surface area contributed by atoms with Crippen molar-refractivity contribution < 1.29 is 22.8 Å². The number of rotatable bonds is 8. The van der Waals surface area contributed by atoms with Crippen molar-refractivity contribution in [1.82, 2.24) is 0 Å². The Labute approximate surface area is 221 Å².